The summed E-state index contributed by atoms with van der Waals surface area (Å²) in [5, 5.41) is 0. The number of benzene rings is 1. The Hall–Kier alpha value is -1.98. The second-order valence-electron chi connectivity index (χ2n) is 6.58. The van der Waals surface area contributed by atoms with E-state index in [-0.39, 0.29) is 0 Å². The van der Waals surface area contributed by atoms with Crippen LogP contribution in [0.4, 0.5) is 0 Å². The maximum absolute atomic E-state index is 4.71. The molecule has 3 heterocycles. The number of rotatable bonds is 5. The summed E-state index contributed by atoms with van der Waals surface area (Å²) in [7, 11) is 0. The molecule has 0 bridgehead atoms. The van der Waals surface area contributed by atoms with Gasteiger partial charge in [0, 0.05) is 48.9 Å². The SMILES string of the molecule is Cc1ncsc1CN1CC(c2ncc(C)n2Cc2ccccc2)C1. The molecule has 0 N–H and O–H groups in total. The number of aryl methyl sites for hydroxylation is 2. The fourth-order valence-corrected chi connectivity index (χ4v) is 4.14. The second-order valence-corrected chi connectivity index (χ2v) is 7.52. The minimum absolute atomic E-state index is 0.538. The van der Waals surface area contributed by atoms with Gasteiger partial charge in [0.2, 0.25) is 0 Å². The van der Waals surface area contributed by atoms with Crippen molar-refractivity contribution in [2.75, 3.05) is 13.1 Å². The van der Waals surface area contributed by atoms with Gasteiger partial charge in [0.25, 0.3) is 0 Å². The van der Waals surface area contributed by atoms with Crippen molar-refractivity contribution in [3.05, 3.63) is 69.7 Å². The number of nitrogens with zero attached hydrogens (tertiary/aromatic N) is 4. The average Bonchev–Trinajstić information content (AvgIpc) is 3.11. The molecule has 0 amide bonds. The standard InChI is InChI=1S/C19H22N4S/c1-14-8-20-19(23(14)9-16-6-4-3-5-7-16)17-10-22(11-17)12-18-15(2)21-13-24-18/h3-8,13,17H,9-12H2,1-2H3. The fraction of sp³-hybridized carbons (Fsp3) is 0.368. The Balaban J connectivity index is 1.44. The molecule has 1 saturated heterocycles. The first-order valence-electron chi connectivity index (χ1n) is 8.38. The van der Waals surface area contributed by atoms with E-state index >= 15 is 0 Å². The van der Waals surface area contributed by atoms with Gasteiger partial charge in [-0.05, 0) is 19.4 Å². The maximum Gasteiger partial charge on any atom is 0.114 e. The van der Waals surface area contributed by atoms with Crippen molar-refractivity contribution < 1.29 is 0 Å². The molecule has 1 aliphatic rings. The van der Waals surface area contributed by atoms with Gasteiger partial charge in [0.1, 0.15) is 5.82 Å². The summed E-state index contributed by atoms with van der Waals surface area (Å²) in [5.74, 6) is 1.77. The lowest BCUT2D eigenvalue weighted by atomic mass is 9.98. The Morgan fingerprint density at radius 3 is 2.58 bits per heavy atom. The van der Waals surface area contributed by atoms with Gasteiger partial charge >= 0.3 is 0 Å². The highest BCUT2D eigenvalue weighted by molar-refractivity contribution is 7.09. The summed E-state index contributed by atoms with van der Waals surface area (Å²) in [6.07, 6.45) is 2.01. The third kappa shape index (κ3) is 3.01. The second kappa shape index (κ2) is 6.49. The zero-order chi connectivity index (χ0) is 16.5. The van der Waals surface area contributed by atoms with Gasteiger partial charge in [-0.2, -0.15) is 0 Å². The van der Waals surface area contributed by atoms with Crippen LogP contribution in [0.5, 0.6) is 0 Å². The summed E-state index contributed by atoms with van der Waals surface area (Å²) in [6, 6.07) is 10.6. The van der Waals surface area contributed by atoms with Crippen LogP contribution in [0.3, 0.4) is 0 Å². The number of thiazole rings is 1. The predicted molar refractivity (Wildman–Crippen MR) is 97.4 cm³/mol. The molecule has 2 aromatic heterocycles. The van der Waals surface area contributed by atoms with E-state index in [4.69, 9.17) is 4.98 Å². The molecule has 0 saturated carbocycles. The molecule has 1 aliphatic heterocycles. The van der Waals surface area contributed by atoms with E-state index in [0.29, 0.717) is 5.92 Å². The van der Waals surface area contributed by atoms with Gasteiger partial charge in [0.15, 0.2) is 0 Å². The molecule has 0 atom stereocenters. The lowest BCUT2D eigenvalue weighted by Gasteiger charge is -2.39. The van der Waals surface area contributed by atoms with Gasteiger partial charge in [-0.1, -0.05) is 30.3 Å². The van der Waals surface area contributed by atoms with Crippen LogP contribution in [0.15, 0.2) is 42.0 Å². The largest absolute Gasteiger partial charge is 0.328 e. The highest BCUT2D eigenvalue weighted by atomic mass is 32.1. The Kier molecular flexibility index (Phi) is 4.21. The molecule has 5 heteroatoms. The summed E-state index contributed by atoms with van der Waals surface area (Å²) in [5.41, 5.74) is 5.68. The van der Waals surface area contributed by atoms with Crippen LogP contribution in [0, 0.1) is 13.8 Å². The molecular formula is C19H22N4S. The van der Waals surface area contributed by atoms with Crippen molar-refractivity contribution in [3.63, 3.8) is 0 Å². The van der Waals surface area contributed by atoms with Crippen LogP contribution in [0.25, 0.3) is 0 Å². The molecule has 1 aromatic carbocycles. The van der Waals surface area contributed by atoms with E-state index in [9.17, 15) is 0 Å². The van der Waals surface area contributed by atoms with Gasteiger partial charge in [0.05, 0.1) is 11.2 Å². The van der Waals surface area contributed by atoms with Crippen molar-refractivity contribution in [1.82, 2.24) is 19.4 Å². The number of likely N-dealkylation sites (tertiary alicyclic amines) is 1. The van der Waals surface area contributed by atoms with Crippen LogP contribution in [-0.4, -0.2) is 32.5 Å². The molecule has 0 unspecified atom stereocenters. The first-order valence-corrected chi connectivity index (χ1v) is 9.26. The Morgan fingerprint density at radius 1 is 1.08 bits per heavy atom. The molecule has 0 spiro atoms. The molecule has 24 heavy (non-hydrogen) atoms. The molecule has 0 aliphatic carbocycles. The smallest absolute Gasteiger partial charge is 0.114 e. The lowest BCUT2D eigenvalue weighted by Crippen LogP contribution is -2.45. The van der Waals surface area contributed by atoms with E-state index in [0.717, 1.165) is 26.2 Å². The molecular weight excluding hydrogens is 316 g/mol. The Morgan fingerprint density at radius 2 is 1.88 bits per heavy atom. The highest BCUT2D eigenvalue weighted by Gasteiger charge is 2.32. The predicted octanol–water partition coefficient (Wildman–Crippen LogP) is 3.60. The van der Waals surface area contributed by atoms with E-state index in [2.05, 4.69) is 58.6 Å². The van der Waals surface area contributed by atoms with Crippen LogP contribution in [0.2, 0.25) is 0 Å². The summed E-state index contributed by atoms with van der Waals surface area (Å²) in [4.78, 5) is 12.9. The monoisotopic (exact) mass is 338 g/mol. The average molecular weight is 338 g/mol. The number of hydrogen-bond donors (Lipinski definition) is 0. The van der Waals surface area contributed by atoms with Gasteiger partial charge < -0.3 is 4.57 Å². The highest BCUT2D eigenvalue weighted by Crippen LogP contribution is 2.29. The number of hydrogen-bond acceptors (Lipinski definition) is 4. The molecule has 4 rings (SSSR count). The first kappa shape index (κ1) is 15.5. The minimum atomic E-state index is 0.538. The molecule has 0 radical (unpaired) electrons. The fourth-order valence-electron chi connectivity index (χ4n) is 3.32. The van der Waals surface area contributed by atoms with Gasteiger partial charge in [-0.25, -0.2) is 9.97 Å². The van der Waals surface area contributed by atoms with Crippen LogP contribution >= 0.6 is 11.3 Å². The Bertz CT molecular complexity index is 815. The van der Waals surface area contributed by atoms with E-state index < -0.39 is 0 Å². The van der Waals surface area contributed by atoms with E-state index in [1.54, 1.807) is 11.3 Å². The summed E-state index contributed by atoms with van der Waals surface area (Å²) >= 11 is 1.76. The Labute approximate surface area is 146 Å². The zero-order valence-corrected chi connectivity index (χ0v) is 15.0. The normalized spacial score (nSPS) is 15.6. The quantitative estimate of drug-likeness (QED) is 0.713. The molecule has 3 aromatic rings. The lowest BCUT2D eigenvalue weighted by molar-refractivity contribution is 0.133. The van der Waals surface area contributed by atoms with E-state index in [1.165, 1.54) is 27.7 Å². The van der Waals surface area contributed by atoms with Crippen LogP contribution in [-0.2, 0) is 13.1 Å². The van der Waals surface area contributed by atoms with Gasteiger partial charge in [-0.3, -0.25) is 4.90 Å². The van der Waals surface area contributed by atoms with Gasteiger partial charge in [-0.15, -0.1) is 11.3 Å². The third-order valence-electron chi connectivity index (χ3n) is 4.80. The van der Waals surface area contributed by atoms with Crippen LogP contribution < -0.4 is 0 Å². The first-order chi connectivity index (χ1) is 11.7. The van der Waals surface area contributed by atoms with Crippen LogP contribution in [0.1, 0.15) is 33.6 Å². The summed E-state index contributed by atoms with van der Waals surface area (Å²) in [6.45, 7) is 8.35. The van der Waals surface area contributed by atoms with Crippen molar-refractivity contribution in [1.29, 1.82) is 0 Å². The topological polar surface area (TPSA) is 34.0 Å². The maximum atomic E-state index is 4.71. The number of imidazole rings is 1. The molecule has 4 nitrogen and oxygen atoms in total. The zero-order valence-electron chi connectivity index (χ0n) is 14.1. The van der Waals surface area contributed by atoms with Crippen molar-refractivity contribution in [2.24, 2.45) is 0 Å². The third-order valence-corrected chi connectivity index (χ3v) is 5.72. The minimum Gasteiger partial charge on any atom is -0.328 e. The van der Waals surface area contributed by atoms with Crippen molar-refractivity contribution in [3.8, 4) is 0 Å². The van der Waals surface area contributed by atoms with Crippen molar-refractivity contribution >= 4 is 11.3 Å². The molecule has 1 fully saturated rings. The summed E-state index contributed by atoms with van der Waals surface area (Å²) < 4.78 is 2.37. The van der Waals surface area contributed by atoms with E-state index in [1.807, 2.05) is 11.7 Å². The number of aromatic nitrogens is 3. The van der Waals surface area contributed by atoms with Crippen molar-refractivity contribution in [2.45, 2.75) is 32.9 Å². The molecule has 124 valence electrons.